The Bertz CT molecular complexity index is 337. The van der Waals surface area contributed by atoms with Gasteiger partial charge in [-0.05, 0) is 43.9 Å². The lowest BCUT2D eigenvalue weighted by atomic mass is 9.91. The number of aryl methyl sites for hydroxylation is 2. The van der Waals surface area contributed by atoms with Crippen LogP contribution in [0.25, 0.3) is 0 Å². The van der Waals surface area contributed by atoms with Crippen LogP contribution in [0.4, 0.5) is 0 Å². The van der Waals surface area contributed by atoms with Gasteiger partial charge >= 0.3 is 0 Å². The fourth-order valence-corrected chi connectivity index (χ4v) is 2.56. The second-order valence-electron chi connectivity index (χ2n) is 4.97. The molecule has 1 aromatic carbocycles. The molecule has 1 fully saturated rings. The Morgan fingerprint density at radius 1 is 1.20 bits per heavy atom. The first-order chi connectivity index (χ1) is 7.17. The highest BCUT2D eigenvalue weighted by molar-refractivity contribution is 5.30. The van der Waals surface area contributed by atoms with E-state index in [9.17, 15) is 0 Å². The maximum absolute atomic E-state index is 2.39. The quantitative estimate of drug-likeness (QED) is 0.730. The van der Waals surface area contributed by atoms with Crippen LogP contribution in [0.5, 0.6) is 0 Å². The Kier molecular flexibility index (Phi) is 3.11. The van der Waals surface area contributed by atoms with Crippen LogP contribution in [0.2, 0.25) is 0 Å². The highest BCUT2D eigenvalue weighted by Gasteiger charge is 2.23. The lowest BCUT2D eigenvalue weighted by Gasteiger charge is -2.36. The number of likely N-dealkylation sites (tertiary alicyclic amines) is 1. The summed E-state index contributed by atoms with van der Waals surface area (Å²) in [6.07, 6.45) is 2.41. The standard InChI is InChI=1S/C14H21N/c1-4-12-5-11(2)6-13(7-12)8-14-9-15(3)10-14/h5-7,14H,4,8-10H2,1-3H3. The van der Waals surface area contributed by atoms with E-state index in [2.05, 4.69) is 44.0 Å². The van der Waals surface area contributed by atoms with Gasteiger partial charge in [-0.3, -0.25) is 0 Å². The first-order valence-electron chi connectivity index (χ1n) is 5.95. The molecular formula is C14H21N. The minimum absolute atomic E-state index is 0.890. The molecule has 15 heavy (non-hydrogen) atoms. The highest BCUT2D eigenvalue weighted by atomic mass is 15.2. The third-order valence-electron chi connectivity index (χ3n) is 3.27. The normalized spacial score (nSPS) is 17.8. The van der Waals surface area contributed by atoms with E-state index in [1.54, 1.807) is 0 Å². The van der Waals surface area contributed by atoms with Crippen molar-refractivity contribution in [2.75, 3.05) is 20.1 Å². The molecule has 0 N–H and O–H groups in total. The van der Waals surface area contributed by atoms with Crippen molar-refractivity contribution in [1.29, 1.82) is 0 Å². The van der Waals surface area contributed by atoms with Crippen molar-refractivity contribution < 1.29 is 0 Å². The molecule has 1 aliphatic rings. The average Bonchev–Trinajstić information content (AvgIpc) is 2.14. The summed E-state index contributed by atoms with van der Waals surface area (Å²) < 4.78 is 0. The Labute approximate surface area is 93.1 Å². The van der Waals surface area contributed by atoms with Gasteiger partial charge in [-0.25, -0.2) is 0 Å². The van der Waals surface area contributed by atoms with E-state index in [4.69, 9.17) is 0 Å². The summed E-state index contributed by atoms with van der Waals surface area (Å²) in [6, 6.07) is 7.03. The van der Waals surface area contributed by atoms with Gasteiger partial charge in [0.2, 0.25) is 0 Å². The Morgan fingerprint density at radius 2 is 1.87 bits per heavy atom. The number of benzene rings is 1. The lowest BCUT2D eigenvalue weighted by Crippen LogP contribution is -2.44. The van der Waals surface area contributed by atoms with Crippen molar-refractivity contribution in [2.45, 2.75) is 26.7 Å². The Hall–Kier alpha value is -0.820. The maximum atomic E-state index is 2.39. The van der Waals surface area contributed by atoms with E-state index in [1.165, 1.54) is 36.2 Å². The van der Waals surface area contributed by atoms with Crippen molar-refractivity contribution in [3.05, 3.63) is 34.9 Å². The fraction of sp³-hybridized carbons (Fsp3) is 0.571. The van der Waals surface area contributed by atoms with Gasteiger partial charge in [0.05, 0.1) is 0 Å². The molecule has 0 aliphatic carbocycles. The molecule has 1 aliphatic heterocycles. The molecule has 0 saturated carbocycles. The van der Waals surface area contributed by atoms with E-state index in [0.717, 1.165) is 12.3 Å². The summed E-state index contributed by atoms with van der Waals surface area (Å²) in [5.41, 5.74) is 4.43. The third-order valence-corrected chi connectivity index (χ3v) is 3.27. The molecule has 82 valence electrons. The highest BCUT2D eigenvalue weighted by Crippen LogP contribution is 2.20. The van der Waals surface area contributed by atoms with Gasteiger partial charge in [-0.15, -0.1) is 0 Å². The molecule has 1 heteroatoms. The first kappa shape index (κ1) is 10.7. The van der Waals surface area contributed by atoms with E-state index in [-0.39, 0.29) is 0 Å². The number of hydrogen-bond acceptors (Lipinski definition) is 1. The second kappa shape index (κ2) is 4.36. The van der Waals surface area contributed by atoms with Crippen LogP contribution in [-0.2, 0) is 12.8 Å². The molecule has 0 bridgehead atoms. The van der Waals surface area contributed by atoms with Crippen LogP contribution >= 0.6 is 0 Å². The van der Waals surface area contributed by atoms with Crippen LogP contribution in [0.15, 0.2) is 18.2 Å². The summed E-state index contributed by atoms with van der Waals surface area (Å²) in [5.74, 6) is 0.890. The second-order valence-corrected chi connectivity index (χ2v) is 4.97. The maximum Gasteiger partial charge on any atom is 0.00222 e. The van der Waals surface area contributed by atoms with Gasteiger partial charge in [-0.2, -0.15) is 0 Å². The van der Waals surface area contributed by atoms with Crippen molar-refractivity contribution in [1.82, 2.24) is 4.90 Å². The largest absolute Gasteiger partial charge is 0.306 e. The van der Waals surface area contributed by atoms with Crippen molar-refractivity contribution >= 4 is 0 Å². The van der Waals surface area contributed by atoms with Gasteiger partial charge in [0.25, 0.3) is 0 Å². The molecular weight excluding hydrogens is 182 g/mol. The number of hydrogen-bond donors (Lipinski definition) is 0. The zero-order valence-corrected chi connectivity index (χ0v) is 10.1. The average molecular weight is 203 g/mol. The van der Waals surface area contributed by atoms with E-state index < -0.39 is 0 Å². The summed E-state index contributed by atoms with van der Waals surface area (Å²) in [5, 5.41) is 0. The summed E-state index contributed by atoms with van der Waals surface area (Å²) >= 11 is 0. The summed E-state index contributed by atoms with van der Waals surface area (Å²) in [7, 11) is 2.20. The van der Waals surface area contributed by atoms with Crippen molar-refractivity contribution in [2.24, 2.45) is 5.92 Å². The molecule has 0 amide bonds. The predicted molar refractivity (Wildman–Crippen MR) is 65.2 cm³/mol. The van der Waals surface area contributed by atoms with E-state index in [0.29, 0.717) is 0 Å². The first-order valence-corrected chi connectivity index (χ1v) is 5.95. The van der Waals surface area contributed by atoms with E-state index in [1.807, 2.05) is 0 Å². The minimum atomic E-state index is 0.890. The van der Waals surface area contributed by atoms with Gasteiger partial charge in [-0.1, -0.05) is 30.7 Å². The Morgan fingerprint density at radius 3 is 2.47 bits per heavy atom. The predicted octanol–water partition coefficient (Wildman–Crippen LogP) is 2.66. The van der Waals surface area contributed by atoms with Crippen LogP contribution in [0.1, 0.15) is 23.6 Å². The fourth-order valence-electron chi connectivity index (χ4n) is 2.56. The molecule has 0 atom stereocenters. The van der Waals surface area contributed by atoms with Crippen molar-refractivity contribution in [3.63, 3.8) is 0 Å². The van der Waals surface area contributed by atoms with Gasteiger partial charge in [0, 0.05) is 13.1 Å². The van der Waals surface area contributed by atoms with Crippen molar-refractivity contribution in [3.8, 4) is 0 Å². The molecule has 0 radical (unpaired) electrons. The molecule has 2 rings (SSSR count). The van der Waals surface area contributed by atoms with E-state index >= 15 is 0 Å². The van der Waals surface area contributed by atoms with Gasteiger partial charge in [0.1, 0.15) is 0 Å². The summed E-state index contributed by atoms with van der Waals surface area (Å²) in [4.78, 5) is 2.39. The SMILES string of the molecule is CCc1cc(C)cc(CC2CN(C)C2)c1. The number of rotatable bonds is 3. The van der Waals surface area contributed by atoms with Crippen LogP contribution in [0.3, 0.4) is 0 Å². The molecule has 0 unspecified atom stereocenters. The summed E-state index contributed by atoms with van der Waals surface area (Å²) in [6.45, 7) is 6.98. The van der Waals surface area contributed by atoms with Gasteiger partial charge < -0.3 is 4.90 Å². The number of nitrogens with zero attached hydrogens (tertiary/aromatic N) is 1. The lowest BCUT2D eigenvalue weighted by molar-refractivity contribution is 0.134. The minimum Gasteiger partial charge on any atom is -0.306 e. The topological polar surface area (TPSA) is 3.24 Å². The zero-order chi connectivity index (χ0) is 10.8. The molecule has 1 aromatic rings. The van der Waals surface area contributed by atoms with Gasteiger partial charge in [0.15, 0.2) is 0 Å². The molecule has 0 spiro atoms. The molecule has 1 nitrogen and oxygen atoms in total. The smallest absolute Gasteiger partial charge is 0.00222 e. The zero-order valence-electron chi connectivity index (χ0n) is 10.1. The molecule has 1 heterocycles. The molecule has 0 aromatic heterocycles. The van der Waals surface area contributed by atoms with Crippen LogP contribution in [-0.4, -0.2) is 25.0 Å². The molecule has 1 saturated heterocycles. The van der Waals surface area contributed by atoms with Crippen LogP contribution in [0, 0.1) is 12.8 Å². The third kappa shape index (κ3) is 2.60. The monoisotopic (exact) mass is 203 g/mol. The van der Waals surface area contributed by atoms with Crippen LogP contribution < -0.4 is 0 Å². The Balaban J connectivity index is 2.04.